The molecule has 0 saturated carbocycles. The number of nitrogens with zero attached hydrogens (tertiary/aromatic N) is 3. The molecule has 0 atom stereocenters. The molecule has 0 radical (unpaired) electrons. The summed E-state index contributed by atoms with van der Waals surface area (Å²) in [6, 6.07) is 14.2. The van der Waals surface area contributed by atoms with E-state index in [1.54, 1.807) is 0 Å². The smallest absolute Gasteiger partial charge is 0.273 e. The highest BCUT2D eigenvalue weighted by Gasteiger charge is 2.22. The first-order valence-corrected chi connectivity index (χ1v) is 11.8. The van der Waals surface area contributed by atoms with E-state index in [0.29, 0.717) is 37.2 Å². The van der Waals surface area contributed by atoms with Crippen LogP contribution in [0.3, 0.4) is 0 Å². The van der Waals surface area contributed by atoms with Crippen LogP contribution in [0, 0.1) is 10.1 Å². The number of ether oxygens (including phenoxy) is 3. The molecule has 10 heteroatoms. The highest BCUT2D eigenvalue weighted by molar-refractivity contribution is 7.17. The van der Waals surface area contributed by atoms with Gasteiger partial charge in [-0.1, -0.05) is 30.3 Å². The number of non-ortho nitro benzene ring substituents is 1. The molecule has 2 aromatic heterocycles. The van der Waals surface area contributed by atoms with Crippen LogP contribution in [0.25, 0.3) is 21.3 Å². The van der Waals surface area contributed by atoms with Crippen molar-refractivity contribution < 1.29 is 24.0 Å². The molecule has 1 aliphatic rings. The topological polar surface area (TPSA) is 101 Å². The van der Waals surface area contributed by atoms with Crippen LogP contribution in [0.1, 0.15) is 5.82 Å². The lowest BCUT2D eigenvalue weighted by atomic mass is 10.1. The molecule has 0 spiro atoms. The average Bonchev–Trinajstić information content (AvgIpc) is 3.29. The van der Waals surface area contributed by atoms with Gasteiger partial charge in [-0.2, -0.15) is 4.98 Å². The fourth-order valence-corrected chi connectivity index (χ4v) is 4.91. The monoisotopic (exact) mass is 479 g/mol. The number of fused-ring (bicyclic) bond motifs is 1. The molecule has 0 aliphatic carbocycles. The summed E-state index contributed by atoms with van der Waals surface area (Å²) in [7, 11) is 1.50. The summed E-state index contributed by atoms with van der Waals surface area (Å²) in [5, 5.41) is 14.2. The van der Waals surface area contributed by atoms with Crippen LogP contribution in [0.4, 0.5) is 5.69 Å². The van der Waals surface area contributed by atoms with Crippen LogP contribution in [0.5, 0.6) is 17.4 Å². The third-order valence-electron chi connectivity index (χ3n) is 5.70. The predicted molar refractivity (Wildman–Crippen MR) is 128 cm³/mol. The Hall–Kier alpha value is -3.60. The number of nitro benzene ring substituents is 1. The summed E-state index contributed by atoms with van der Waals surface area (Å²) in [6.45, 7) is 3.83. The van der Waals surface area contributed by atoms with Gasteiger partial charge in [-0.15, -0.1) is 11.3 Å². The molecule has 1 fully saturated rings. The SMILES string of the molecule is COc1ccc([N+](=O)[O-])cc1Oc1nc(C[NH+]2CCOCC2)nc2scc(-c3ccccc3)c12. The molecule has 0 unspecified atom stereocenters. The molecule has 3 heterocycles. The third-order valence-corrected chi connectivity index (χ3v) is 6.58. The molecule has 4 aromatic rings. The summed E-state index contributed by atoms with van der Waals surface area (Å²) >= 11 is 1.52. The summed E-state index contributed by atoms with van der Waals surface area (Å²) in [5.74, 6) is 1.62. The largest absolute Gasteiger partial charge is 0.493 e. The van der Waals surface area contributed by atoms with E-state index in [2.05, 4.69) is 0 Å². The number of hydrogen-bond acceptors (Lipinski definition) is 8. The van der Waals surface area contributed by atoms with E-state index in [0.717, 1.165) is 34.4 Å². The first-order valence-electron chi connectivity index (χ1n) is 10.9. The number of benzene rings is 2. The van der Waals surface area contributed by atoms with Crippen LogP contribution in [-0.4, -0.2) is 48.3 Å². The Balaban J connectivity index is 1.62. The van der Waals surface area contributed by atoms with Crippen molar-refractivity contribution in [1.82, 2.24) is 9.97 Å². The Labute approximate surface area is 199 Å². The van der Waals surface area contributed by atoms with Crippen molar-refractivity contribution in [1.29, 1.82) is 0 Å². The number of methoxy groups -OCH3 is 1. The Kier molecular flexibility index (Phi) is 6.35. The Bertz CT molecular complexity index is 1320. The number of nitro groups is 1. The number of hydrogen-bond donors (Lipinski definition) is 1. The van der Waals surface area contributed by atoms with Crippen molar-refractivity contribution >= 4 is 27.2 Å². The maximum absolute atomic E-state index is 11.4. The molecule has 0 bridgehead atoms. The van der Waals surface area contributed by atoms with Crippen molar-refractivity contribution in [3.8, 4) is 28.5 Å². The number of thiophene rings is 1. The maximum Gasteiger partial charge on any atom is 0.273 e. The van der Waals surface area contributed by atoms with Gasteiger partial charge in [-0.05, 0) is 11.6 Å². The zero-order chi connectivity index (χ0) is 23.5. The Morgan fingerprint density at radius 2 is 1.91 bits per heavy atom. The number of aromatic nitrogens is 2. The van der Waals surface area contributed by atoms with Crippen LogP contribution < -0.4 is 14.4 Å². The van der Waals surface area contributed by atoms with E-state index >= 15 is 0 Å². The molecule has 1 N–H and O–H groups in total. The zero-order valence-electron chi connectivity index (χ0n) is 18.5. The summed E-state index contributed by atoms with van der Waals surface area (Å²) in [5.41, 5.74) is 1.87. The van der Waals surface area contributed by atoms with Gasteiger partial charge in [0.15, 0.2) is 17.3 Å². The van der Waals surface area contributed by atoms with Crippen LogP contribution >= 0.6 is 11.3 Å². The third kappa shape index (κ3) is 4.56. The second-order valence-electron chi connectivity index (χ2n) is 7.87. The number of quaternary nitrogens is 1. The second kappa shape index (κ2) is 9.72. The first-order chi connectivity index (χ1) is 16.6. The number of morpholine rings is 1. The van der Waals surface area contributed by atoms with Gasteiger partial charge in [0.05, 0.1) is 36.7 Å². The van der Waals surface area contributed by atoms with Crippen LogP contribution in [-0.2, 0) is 11.3 Å². The number of rotatable bonds is 7. The van der Waals surface area contributed by atoms with Gasteiger partial charge in [0, 0.05) is 17.0 Å². The summed E-state index contributed by atoms with van der Waals surface area (Å²) in [4.78, 5) is 22.7. The minimum Gasteiger partial charge on any atom is -0.493 e. The quantitative estimate of drug-likeness (QED) is 0.320. The lowest BCUT2D eigenvalue weighted by Crippen LogP contribution is -3.12. The molecule has 2 aromatic carbocycles. The predicted octanol–water partition coefficient (Wildman–Crippen LogP) is 3.48. The van der Waals surface area contributed by atoms with Crippen molar-refractivity contribution in [2.45, 2.75) is 6.54 Å². The van der Waals surface area contributed by atoms with Crippen molar-refractivity contribution in [2.24, 2.45) is 0 Å². The van der Waals surface area contributed by atoms with Crippen LogP contribution in [0.15, 0.2) is 53.9 Å². The maximum atomic E-state index is 11.4. The van der Waals surface area contributed by atoms with Gasteiger partial charge in [-0.25, -0.2) is 4.98 Å². The molecule has 34 heavy (non-hydrogen) atoms. The normalized spacial score (nSPS) is 14.3. The molecule has 1 aliphatic heterocycles. The lowest BCUT2D eigenvalue weighted by molar-refractivity contribution is -0.922. The van der Waals surface area contributed by atoms with E-state index in [9.17, 15) is 10.1 Å². The van der Waals surface area contributed by atoms with Gasteiger partial charge in [0.2, 0.25) is 5.88 Å². The van der Waals surface area contributed by atoms with Gasteiger partial charge < -0.3 is 19.1 Å². The second-order valence-corrected chi connectivity index (χ2v) is 8.73. The van der Waals surface area contributed by atoms with Crippen molar-refractivity contribution in [3.63, 3.8) is 0 Å². The standard InChI is InChI=1S/C24H22N4O5S/c1-31-19-8-7-17(28(29)30)13-20(19)33-23-22-18(16-5-3-2-4-6-16)15-34-24(22)26-21(25-23)14-27-9-11-32-12-10-27/h2-8,13,15H,9-12,14H2,1H3/p+1. The van der Waals surface area contributed by atoms with Crippen molar-refractivity contribution in [3.05, 3.63) is 69.8 Å². The van der Waals surface area contributed by atoms with Gasteiger partial charge in [-0.3, -0.25) is 10.1 Å². The van der Waals surface area contributed by atoms with E-state index in [-0.39, 0.29) is 11.4 Å². The van der Waals surface area contributed by atoms with E-state index in [4.69, 9.17) is 24.2 Å². The zero-order valence-corrected chi connectivity index (χ0v) is 19.3. The molecular weight excluding hydrogens is 456 g/mol. The molecule has 9 nitrogen and oxygen atoms in total. The molecular formula is C24H23N4O5S+. The molecule has 0 amide bonds. The minimum absolute atomic E-state index is 0.0901. The van der Waals surface area contributed by atoms with Gasteiger partial charge >= 0.3 is 0 Å². The first kappa shape index (κ1) is 22.2. The fourth-order valence-electron chi connectivity index (χ4n) is 3.96. The van der Waals surface area contributed by atoms with E-state index < -0.39 is 4.92 Å². The molecule has 5 rings (SSSR count). The highest BCUT2D eigenvalue weighted by atomic mass is 32.1. The van der Waals surface area contributed by atoms with Crippen molar-refractivity contribution in [2.75, 3.05) is 33.4 Å². The fraction of sp³-hybridized carbons (Fsp3) is 0.250. The van der Waals surface area contributed by atoms with Crippen LogP contribution in [0.2, 0.25) is 0 Å². The summed E-state index contributed by atoms with van der Waals surface area (Å²) < 4.78 is 17.1. The van der Waals surface area contributed by atoms with E-state index in [1.165, 1.54) is 41.5 Å². The van der Waals surface area contributed by atoms with E-state index in [1.807, 2.05) is 35.7 Å². The average molecular weight is 480 g/mol. The number of nitrogens with one attached hydrogen (secondary N) is 1. The molecule has 1 saturated heterocycles. The lowest BCUT2D eigenvalue weighted by Gasteiger charge is -2.23. The summed E-state index contributed by atoms with van der Waals surface area (Å²) in [6.07, 6.45) is 0. The highest BCUT2D eigenvalue weighted by Crippen LogP contribution is 2.41. The van der Waals surface area contributed by atoms with Gasteiger partial charge in [0.1, 0.15) is 24.5 Å². The Morgan fingerprint density at radius 3 is 2.65 bits per heavy atom. The molecule has 174 valence electrons. The Morgan fingerprint density at radius 1 is 1.12 bits per heavy atom. The minimum atomic E-state index is -0.463. The van der Waals surface area contributed by atoms with Gasteiger partial charge in [0.25, 0.3) is 5.69 Å².